The van der Waals surface area contributed by atoms with E-state index in [2.05, 4.69) is 22.5 Å². The molecule has 1 heterocycles. The van der Waals surface area contributed by atoms with Crippen LogP contribution in [-0.2, 0) is 0 Å². The summed E-state index contributed by atoms with van der Waals surface area (Å²) < 4.78 is 0. The summed E-state index contributed by atoms with van der Waals surface area (Å²) in [5, 5.41) is 2.85. The largest absolute Gasteiger partial charge is 0.337 e. The Labute approximate surface area is 65.3 Å². The van der Waals surface area contributed by atoms with Gasteiger partial charge < -0.3 is 5.32 Å². The number of aryl methyl sites for hydroxylation is 1. The van der Waals surface area contributed by atoms with Crippen molar-refractivity contribution < 1.29 is 0 Å². The van der Waals surface area contributed by atoms with E-state index in [-0.39, 0.29) is 0 Å². The molecule has 0 fully saturated rings. The molecule has 3 heteroatoms. The van der Waals surface area contributed by atoms with Crippen molar-refractivity contribution in [1.82, 2.24) is 4.98 Å². The SMILES string of the molecule is Cc1cccnc1NC=S. The van der Waals surface area contributed by atoms with E-state index >= 15 is 0 Å². The number of hydrogen-bond donors (Lipinski definition) is 1. The molecule has 1 rings (SSSR count). The van der Waals surface area contributed by atoms with Gasteiger partial charge in [0.2, 0.25) is 0 Å². The van der Waals surface area contributed by atoms with Crippen LogP contribution in [0.25, 0.3) is 0 Å². The predicted molar refractivity (Wildman–Crippen MR) is 46.3 cm³/mol. The Morgan fingerprint density at radius 2 is 2.50 bits per heavy atom. The summed E-state index contributed by atoms with van der Waals surface area (Å²) in [7, 11) is 0. The van der Waals surface area contributed by atoms with Crippen LogP contribution in [0.5, 0.6) is 0 Å². The minimum Gasteiger partial charge on any atom is -0.337 e. The maximum Gasteiger partial charge on any atom is 0.133 e. The van der Waals surface area contributed by atoms with Gasteiger partial charge in [0.15, 0.2) is 0 Å². The van der Waals surface area contributed by atoms with Gasteiger partial charge >= 0.3 is 0 Å². The zero-order valence-corrected chi connectivity index (χ0v) is 6.48. The molecular formula is C7H8N2S. The summed E-state index contributed by atoms with van der Waals surface area (Å²) in [5.74, 6) is 0.831. The molecule has 52 valence electrons. The van der Waals surface area contributed by atoms with E-state index in [1.165, 1.54) is 5.49 Å². The molecule has 1 aromatic heterocycles. The highest BCUT2D eigenvalue weighted by atomic mass is 32.1. The average molecular weight is 152 g/mol. The van der Waals surface area contributed by atoms with E-state index in [0.29, 0.717) is 0 Å². The summed E-state index contributed by atoms with van der Waals surface area (Å²) in [4.78, 5) is 4.06. The molecule has 1 aromatic rings. The number of aromatic nitrogens is 1. The maximum atomic E-state index is 4.62. The lowest BCUT2D eigenvalue weighted by molar-refractivity contribution is 1.27. The Bertz CT molecular complexity index is 235. The van der Waals surface area contributed by atoms with Gasteiger partial charge in [0.25, 0.3) is 0 Å². The molecule has 0 aromatic carbocycles. The van der Waals surface area contributed by atoms with Crippen LogP contribution >= 0.6 is 12.2 Å². The Hall–Kier alpha value is -0.960. The highest BCUT2D eigenvalue weighted by Gasteiger charge is 1.92. The fourth-order valence-electron chi connectivity index (χ4n) is 0.693. The van der Waals surface area contributed by atoms with Crippen LogP contribution in [-0.4, -0.2) is 10.5 Å². The summed E-state index contributed by atoms with van der Waals surface area (Å²) in [6.45, 7) is 1.98. The van der Waals surface area contributed by atoms with Crippen LogP contribution in [0.2, 0.25) is 0 Å². The Balaban J connectivity index is 2.91. The summed E-state index contributed by atoms with van der Waals surface area (Å²) in [6.07, 6.45) is 1.73. The van der Waals surface area contributed by atoms with Crippen LogP contribution in [0.4, 0.5) is 5.82 Å². The smallest absolute Gasteiger partial charge is 0.133 e. The Morgan fingerprint density at radius 3 is 3.10 bits per heavy atom. The molecule has 0 bridgehead atoms. The average Bonchev–Trinajstić information content (AvgIpc) is 1.94. The molecule has 0 unspecified atom stereocenters. The van der Waals surface area contributed by atoms with Gasteiger partial charge in [0, 0.05) is 6.20 Å². The molecular weight excluding hydrogens is 144 g/mol. The zero-order valence-electron chi connectivity index (χ0n) is 5.66. The number of nitrogens with zero attached hydrogens (tertiary/aromatic N) is 1. The first kappa shape index (κ1) is 7.15. The molecule has 0 saturated heterocycles. The molecule has 0 atom stereocenters. The van der Waals surface area contributed by atoms with Crippen molar-refractivity contribution in [2.75, 3.05) is 5.32 Å². The van der Waals surface area contributed by atoms with Gasteiger partial charge in [-0.2, -0.15) is 0 Å². The number of rotatable bonds is 2. The molecule has 1 N–H and O–H groups in total. The summed E-state index contributed by atoms with van der Waals surface area (Å²) in [5.41, 5.74) is 2.55. The summed E-state index contributed by atoms with van der Waals surface area (Å²) >= 11 is 4.62. The molecule has 0 radical (unpaired) electrons. The molecule has 0 saturated carbocycles. The van der Waals surface area contributed by atoms with E-state index in [1.807, 2.05) is 19.1 Å². The topological polar surface area (TPSA) is 24.9 Å². The van der Waals surface area contributed by atoms with Gasteiger partial charge in [0.1, 0.15) is 5.82 Å². The first-order valence-corrected chi connectivity index (χ1v) is 3.43. The van der Waals surface area contributed by atoms with Crippen LogP contribution < -0.4 is 5.32 Å². The Kier molecular flexibility index (Phi) is 2.34. The molecule has 0 amide bonds. The van der Waals surface area contributed by atoms with E-state index in [0.717, 1.165) is 11.4 Å². The van der Waals surface area contributed by atoms with Crippen molar-refractivity contribution in [3.63, 3.8) is 0 Å². The quantitative estimate of drug-likeness (QED) is 0.654. The van der Waals surface area contributed by atoms with Crippen LogP contribution in [0, 0.1) is 6.92 Å². The molecule has 0 spiro atoms. The number of pyridine rings is 1. The van der Waals surface area contributed by atoms with Crippen LogP contribution in [0.15, 0.2) is 18.3 Å². The van der Waals surface area contributed by atoms with E-state index < -0.39 is 0 Å². The van der Waals surface area contributed by atoms with E-state index in [9.17, 15) is 0 Å². The predicted octanol–water partition coefficient (Wildman–Crippen LogP) is 1.76. The normalized spacial score (nSPS) is 8.90. The lowest BCUT2D eigenvalue weighted by Crippen LogP contribution is -1.96. The highest BCUT2D eigenvalue weighted by Crippen LogP contribution is 2.06. The van der Waals surface area contributed by atoms with E-state index in [1.54, 1.807) is 6.20 Å². The van der Waals surface area contributed by atoms with Gasteiger partial charge in [0.05, 0.1) is 5.49 Å². The second kappa shape index (κ2) is 3.27. The minimum atomic E-state index is 0.831. The van der Waals surface area contributed by atoms with E-state index in [4.69, 9.17) is 0 Å². The van der Waals surface area contributed by atoms with Gasteiger partial charge in [-0.15, -0.1) is 0 Å². The lowest BCUT2D eigenvalue weighted by atomic mass is 10.3. The second-order valence-corrected chi connectivity index (χ2v) is 2.17. The molecule has 0 aliphatic rings. The summed E-state index contributed by atoms with van der Waals surface area (Å²) in [6, 6.07) is 3.87. The first-order chi connectivity index (χ1) is 4.84. The maximum absolute atomic E-state index is 4.62. The fraction of sp³-hybridized carbons (Fsp3) is 0.143. The standard InChI is InChI=1S/C7H8N2S/c1-6-3-2-4-8-7(6)9-5-10/h2-5H,1H3,(H,8,9,10). The van der Waals surface area contributed by atoms with Crippen molar-refractivity contribution in [2.45, 2.75) is 6.92 Å². The molecule has 2 nitrogen and oxygen atoms in total. The molecule has 10 heavy (non-hydrogen) atoms. The van der Waals surface area contributed by atoms with Crippen LogP contribution in [0.1, 0.15) is 5.56 Å². The van der Waals surface area contributed by atoms with Crippen molar-refractivity contribution in [3.05, 3.63) is 23.9 Å². The van der Waals surface area contributed by atoms with Crippen molar-refractivity contribution >= 4 is 23.5 Å². The number of anilines is 1. The Morgan fingerprint density at radius 1 is 1.70 bits per heavy atom. The fourth-order valence-corrected chi connectivity index (χ4v) is 0.804. The van der Waals surface area contributed by atoms with Gasteiger partial charge in [-0.1, -0.05) is 18.3 Å². The second-order valence-electron chi connectivity index (χ2n) is 1.93. The number of hydrogen-bond acceptors (Lipinski definition) is 2. The highest BCUT2D eigenvalue weighted by molar-refractivity contribution is 7.79. The number of nitrogens with one attached hydrogen (secondary N) is 1. The zero-order chi connectivity index (χ0) is 7.40. The minimum absolute atomic E-state index is 0.831. The molecule has 0 aliphatic heterocycles. The monoisotopic (exact) mass is 152 g/mol. The van der Waals surface area contributed by atoms with Crippen molar-refractivity contribution in [1.29, 1.82) is 0 Å². The third kappa shape index (κ3) is 1.51. The number of thiocarbonyl (C=S) groups is 1. The van der Waals surface area contributed by atoms with Gasteiger partial charge in [-0.05, 0) is 18.6 Å². The van der Waals surface area contributed by atoms with Gasteiger partial charge in [-0.25, -0.2) is 4.98 Å². The van der Waals surface area contributed by atoms with Crippen molar-refractivity contribution in [3.8, 4) is 0 Å². The van der Waals surface area contributed by atoms with Crippen molar-refractivity contribution in [2.24, 2.45) is 0 Å². The first-order valence-electron chi connectivity index (χ1n) is 2.96. The van der Waals surface area contributed by atoms with Gasteiger partial charge in [-0.3, -0.25) is 0 Å². The molecule has 0 aliphatic carbocycles. The third-order valence-electron chi connectivity index (χ3n) is 1.21. The van der Waals surface area contributed by atoms with Crippen LogP contribution in [0.3, 0.4) is 0 Å². The third-order valence-corrected chi connectivity index (χ3v) is 1.32. The lowest BCUT2D eigenvalue weighted by Gasteiger charge is -2.00.